The van der Waals surface area contributed by atoms with Crippen LogP contribution < -0.4 is 10.1 Å². The molecule has 0 fully saturated rings. The number of ether oxygens (including phenoxy) is 1. The first-order valence-electron chi connectivity index (χ1n) is 8.30. The van der Waals surface area contributed by atoms with Gasteiger partial charge in [0, 0.05) is 18.4 Å². The van der Waals surface area contributed by atoms with E-state index in [0.29, 0.717) is 17.9 Å². The molecular weight excluding hydrogens is 321 g/mol. The number of hydrogen-bond acceptors (Lipinski definition) is 3. The Balaban J connectivity index is 1.82. The molecule has 25 heavy (non-hydrogen) atoms. The van der Waals surface area contributed by atoms with Crippen molar-refractivity contribution in [3.63, 3.8) is 0 Å². The van der Waals surface area contributed by atoms with Crippen molar-refractivity contribution in [2.75, 3.05) is 6.61 Å². The van der Waals surface area contributed by atoms with Gasteiger partial charge in [-0.1, -0.05) is 12.1 Å². The first-order chi connectivity index (χ1) is 12.0. The lowest BCUT2D eigenvalue weighted by molar-refractivity contribution is -0.121. The van der Waals surface area contributed by atoms with E-state index in [0.717, 1.165) is 5.56 Å². The van der Waals surface area contributed by atoms with Gasteiger partial charge in [0.2, 0.25) is 5.91 Å². The average Bonchev–Trinajstić information content (AvgIpc) is 2.61. The molecule has 1 N–H and O–H groups in total. The summed E-state index contributed by atoms with van der Waals surface area (Å²) in [6, 6.07) is 12.6. The zero-order valence-corrected chi connectivity index (χ0v) is 14.4. The molecule has 0 saturated heterocycles. The normalized spacial score (nSPS) is 11.6. The zero-order chi connectivity index (χ0) is 18.2. The van der Waals surface area contributed by atoms with Crippen molar-refractivity contribution < 1.29 is 18.7 Å². The Morgan fingerprint density at radius 3 is 2.28 bits per heavy atom. The lowest BCUT2D eigenvalue weighted by atomic mass is 10.1. The number of ketones is 1. The number of carbonyl (C=O) groups is 2. The van der Waals surface area contributed by atoms with Crippen LogP contribution >= 0.6 is 0 Å². The number of hydrogen-bond donors (Lipinski definition) is 1. The van der Waals surface area contributed by atoms with Crippen molar-refractivity contribution in [1.29, 1.82) is 0 Å². The molecule has 5 heteroatoms. The maximum Gasteiger partial charge on any atom is 0.220 e. The van der Waals surface area contributed by atoms with Crippen LogP contribution in [0.4, 0.5) is 4.39 Å². The van der Waals surface area contributed by atoms with Crippen LogP contribution in [0.5, 0.6) is 5.75 Å². The van der Waals surface area contributed by atoms with Crippen molar-refractivity contribution in [2.24, 2.45) is 0 Å². The van der Waals surface area contributed by atoms with E-state index < -0.39 is 0 Å². The van der Waals surface area contributed by atoms with Gasteiger partial charge in [-0.2, -0.15) is 0 Å². The van der Waals surface area contributed by atoms with E-state index in [1.165, 1.54) is 12.1 Å². The molecule has 1 amide bonds. The standard InChI is InChI=1S/C20H22FNO3/c1-3-25-18-10-6-16(7-11-18)19(23)12-13-20(24)22-14(2)15-4-8-17(21)9-5-15/h4-11,14H,3,12-13H2,1-2H3,(H,22,24). The number of nitrogens with one attached hydrogen (secondary N) is 1. The summed E-state index contributed by atoms with van der Waals surface area (Å²) >= 11 is 0. The first kappa shape index (κ1) is 18.6. The number of halogens is 1. The number of carbonyl (C=O) groups excluding carboxylic acids is 2. The Morgan fingerprint density at radius 1 is 1.04 bits per heavy atom. The molecule has 0 aromatic heterocycles. The van der Waals surface area contributed by atoms with E-state index in [9.17, 15) is 14.0 Å². The van der Waals surface area contributed by atoms with Crippen LogP contribution in [-0.4, -0.2) is 18.3 Å². The minimum atomic E-state index is -0.316. The summed E-state index contributed by atoms with van der Waals surface area (Å²) in [6.07, 6.45) is 0.244. The van der Waals surface area contributed by atoms with E-state index in [1.54, 1.807) is 36.4 Å². The van der Waals surface area contributed by atoms with E-state index in [1.807, 2.05) is 13.8 Å². The highest BCUT2D eigenvalue weighted by Crippen LogP contribution is 2.15. The number of amides is 1. The monoisotopic (exact) mass is 343 g/mol. The van der Waals surface area contributed by atoms with Crippen LogP contribution in [0.3, 0.4) is 0 Å². The molecule has 132 valence electrons. The number of rotatable bonds is 8. The molecule has 0 aliphatic rings. The van der Waals surface area contributed by atoms with E-state index in [-0.39, 0.29) is 36.4 Å². The Bertz CT molecular complexity index is 711. The third-order valence-corrected chi connectivity index (χ3v) is 3.81. The molecule has 0 spiro atoms. The zero-order valence-electron chi connectivity index (χ0n) is 14.4. The first-order valence-corrected chi connectivity index (χ1v) is 8.30. The summed E-state index contributed by atoms with van der Waals surface area (Å²) in [6.45, 7) is 4.28. The molecule has 0 saturated carbocycles. The van der Waals surface area contributed by atoms with Gasteiger partial charge in [-0.15, -0.1) is 0 Å². The molecule has 0 aliphatic heterocycles. The van der Waals surface area contributed by atoms with Gasteiger partial charge in [0.25, 0.3) is 0 Å². The molecule has 0 heterocycles. The van der Waals surface area contributed by atoms with Gasteiger partial charge in [0.15, 0.2) is 5.78 Å². The second-order valence-corrected chi connectivity index (χ2v) is 5.72. The molecule has 2 aromatic carbocycles. The van der Waals surface area contributed by atoms with Crippen LogP contribution in [0, 0.1) is 5.82 Å². The summed E-state index contributed by atoms with van der Waals surface area (Å²) in [7, 11) is 0. The van der Waals surface area contributed by atoms with Gasteiger partial charge in [-0.3, -0.25) is 9.59 Å². The Hall–Kier alpha value is -2.69. The number of benzene rings is 2. The highest BCUT2D eigenvalue weighted by Gasteiger charge is 2.13. The second-order valence-electron chi connectivity index (χ2n) is 5.72. The van der Waals surface area contributed by atoms with Gasteiger partial charge in [-0.05, 0) is 55.8 Å². The van der Waals surface area contributed by atoms with Crippen LogP contribution in [0.1, 0.15) is 48.7 Å². The van der Waals surface area contributed by atoms with Gasteiger partial charge in [-0.25, -0.2) is 4.39 Å². The summed E-state index contributed by atoms with van der Waals surface area (Å²) in [4.78, 5) is 24.2. The summed E-state index contributed by atoms with van der Waals surface area (Å²) in [5.41, 5.74) is 1.37. The molecule has 2 rings (SSSR count). The largest absolute Gasteiger partial charge is 0.494 e. The lowest BCUT2D eigenvalue weighted by Crippen LogP contribution is -2.26. The molecule has 0 bridgehead atoms. The maximum atomic E-state index is 12.9. The SMILES string of the molecule is CCOc1ccc(C(=O)CCC(=O)NC(C)c2ccc(F)cc2)cc1. The van der Waals surface area contributed by atoms with Crippen molar-refractivity contribution in [1.82, 2.24) is 5.32 Å². The van der Waals surface area contributed by atoms with Crippen LogP contribution in [0.2, 0.25) is 0 Å². The Labute approximate surface area is 147 Å². The average molecular weight is 343 g/mol. The molecule has 0 radical (unpaired) electrons. The van der Waals surface area contributed by atoms with Crippen LogP contribution in [-0.2, 0) is 4.79 Å². The molecule has 1 atom stereocenters. The van der Waals surface area contributed by atoms with Crippen molar-refractivity contribution in [2.45, 2.75) is 32.7 Å². The van der Waals surface area contributed by atoms with Gasteiger partial charge in [0.1, 0.15) is 11.6 Å². The Morgan fingerprint density at radius 2 is 1.68 bits per heavy atom. The maximum absolute atomic E-state index is 12.9. The van der Waals surface area contributed by atoms with Crippen molar-refractivity contribution in [3.8, 4) is 5.75 Å². The van der Waals surface area contributed by atoms with Crippen molar-refractivity contribution in [3.05, 3.63) is 65.5 Å². The molecule has 2 aromatic rings. The third-order valence-electron chi connectivity index (χ3n) is 3.81. The van der Waals surface area contributed by atoms with E-state index in [2.05, 4.69) is 5.32 Å². The minimum Gasteiger partial charge on any atom is -0.494 e. The quantitative estimate of drug-likeness (QED) is 0.735. The topological polar surface area (TPSA) is 55.4 Å². The smallest absolute Gasteiger partial charge is 0.220 e. The molecular formula is C20H22FNO3. The highest BCUT2D eigenvalue weighted by molar-refractivity contribution is 5.98. The highest BCUT2D eigenvalue weighted by atomic mass is 19.1. The van der Waals surface area contributed by atoms with Crippen LogP contribution in [0.15, 0.2) is 48.5 Å². The third kappa shape index (κ3) is 5.71. The van der Waals surface area contributed by atoms with Crippen molar-refractivity contribution >= 4 is 11.7 Å². The van der Waals surface area contributed by atoms with Gasteiger partial charge in [0.05, 0.1) is 12.6 Å². The second kappa shape index (κ2) is 8.97. The summed E-state index contributed by atoms with van der Waals surface area (Å²) < 4.78 is 18.3. The van der Waals surface area contributed by atoms with E-state index >= 15 is 0 Å². The fourth-order valence-corrected chi connectivity index (χ4v) is 2.42. The molecule has 0 aliphatic carbocycles. The van der Waals surface area contributed by atoms with E-state index in [4.69, 9.17) is 4.74 Å². The molecule has 4 nitrogen and oxygen atoms in total. The fraction of sp³-hybridized carbons (Fsp3) is 0.300. The minimum absolute atomic E-state index is 0.0902. The summed E-state index contributed by atoms with van der Waals surface area (Å²) in [5.74, 6) is 0.0943. The lowest BCUT2D eigenvalue weighted by Gasteiger charge is -2.14. The Kier molecular flexibility index (Phi) is 6.69. The van der Waals surface area contributed by atoms with Gasteiger partial charge >= 0.3 is 0 Å². The predicted octanol–water partition coefficient (Wildman–Crippen LogP) is 4.06. The number of Topliss-reactive ketones (excluding diaryl/α,β-unsaturated/α-hetero) is 1. The molecule has 1 unspecified atom stereocenters. The van der Waals surface area contributed by atoms with Crippen LogP contribution in [0.25, 0.3) is 0 Å². The predicted molar refractivity (Wildman–Crippen MR) is 94.1 cm³/mol. The van der Waals surface area contributed by atoms with Gasteiger partial charge < -0.3 is 10.1 Å². The summed E-state index contributed by atoms with van der Waals surface area (Å²) in [5, 5.41) is 2.81. The fourth-order valence-electron chi connectivity index (χ4n) is 2.42.